The highest BCUT2D eigenvalue weighted by molar-refractivity contribution is 5.91. The second kappa shape index (κ2) is 8.31. The number of carbonyl (C=O) groups is 1. The number of nitrogens with zero attached hydrogens (tertiary/aromatic N) is 4. The summed E-state index contributed by atoms with van der Waals surface area (Å²) in [5, 5.41) is 10.4. The van der Waals surface area contributed by atoms with Crippen molar-refractivity contribution in [3.63, 3.8) is 0 Å². The SMILES string of the molecule is Cc1cc(C)n(-c2cc(NCCNC(=O)/C=C/c3ccco3)nc(C)n2)n1. The topological polar surface area (TPSA) is 97.9 Å². The minimum atomic E-state index is -0.185. The Morgan fingerprint density at radius 3 is 2.78 bits per heavy atom. The van der Waals surface area contributed by atoms with Crippen LogP contribution in [0.4, 0.5) is 5.82 Å². The highest BCUT2D eigenvalue weighted by atomic mass is 16.3. The van der Waals surface area contributed by atoms with E-state index in [1.807, 2.05) is 32.9 Å². The third-order valence-corrected chi connectivity index (χ3v) is 3.72. The molecule has 27 heavy (non-hydrogen) atoms. The number of aromatic nitrogens is 4. The molecule has 3 aromatic rings. The van der Waals surface area contributed by atoms with Crippen LogP contribution >= 0.6 is 0 Å². The minimum Gasteiger partial charge on any atom is -0.465 e. The Morgan fingerprint density at radius 2 is 2.07 bits per heavy atom. The highest BCUT2D eigenvalue weighted by Crippen LogP contribution is 2.13. The monoisotopic (exact) mass is 366 g/mol. The molecule has 1 amide bonds. The molecule has 0 atom stereocenters. The number of amides is 1. The van der Waals surface area contributed by atoms with Crippen molar-refractivity contribution in [2.75, 3.05) is 18.4 Å². The first kappa shape index (κ1) is 18.4. The van der Waals surface area contributed by atoms with Gasteiger partial charge >= 0.3 is 0 Å². The Labute approximate surface area is 157 Å². The first-order valence-electron chi connectivity index (χ1n) is 8.64. The largest absolute Gasteiger partial charge is 0.465 e. The molecule has 2 N–H and O–H groups in total. The average Bonchev–Trinajstić information content (AvgIpc) is 3.25. The maximum absolute atomic E-state index is 11.8. The fraction of sp³-hybridized carbons (Fsp3) is 0.263. The number of anilines is 1. The van der Waals surface area contributed by atoms with Crippen molar-refractivity contribution < 1.29 is 9.21 Å². The number of aryl methyl sites for hydroxylation is 3. The number of rotatable bonds is 7. The van der Waals surface area contributed by atoms with Crippen molar-refractivity contribution in [1.82, 2.24) is 25.1 Å². The van der Waals surface area contributed by atoms with Crippen molar-refractivity contribution in [3.8, 4) is 5.82 Å². The number of furan rings is 1. The Balaban J connectivity index is 1.54. The van der Waals surface area contributed by atoms with Crippen LogP contribution < -0.4 is 10.6 Å². The van der Waals surface area contributed by atoms with E-state index in [2.05, 4.69) is 25.7 Å². The van der Waals surface area contributed by atoms with Gasteiger partial charge in [0.05, 0.1) is 12.0 Å². The Bertz CT molecular complexity index is 943. The first-order chi connectivity index (χ1) is 13.0. The van der Waals surface area contributed by atoms with Gasteiger partial charge in [-0.15, -0.1) is 0 Å². The predicted molar refractivity (Wildman–Crippen MR) is 103 cm³/mol. The van der Waals surface area contributed by atoms with Crippen LogP contribution in [0, 0.1) is 20.8 Å². The zero-order chi connectivity index (χ0) is 19.2. The number of carbonyl (C=O) groups excluding carboxylic acids is 1. The summed E-state index contributed by atoms with van der Waals surface area (Å²) in [6.45, 7) is 6.75. The van der Waals surface area contributed by atoms with Crippen molar-refractivity contribution in [2.45, 2.75) is 20.8 Å². The molecular weight excluding hydrogens is 344 g/mol. The molecule has 0 aliphatic rings. The molecule has 8 heteroatoms. The number of hydrogen-bond donors (Lipinski definition) is 2. The lowest BCUT2D eigenvalue weighted by atomic mass is 10.4. The molecular formula is C19H22N6O2. The van der Waals surface area contributed by atoms with E-state index in [-0.39, 0.29) is 5.91 Å². The van der Waals surface area contributed by atoms with Crippen LogP contribution in [0.5, 0.6) is 0 Å². The summed E-state index contributed by atoms with van der Waals surface area (Å²) in [4.78, 5) is 20.6. The average molecular weight is 366 g/mol. The predicted octanol–water partition coefficient (Wildman–Crippen LogP) is 2.42. The van der Waals surface area contributed by atoms with Crippen molar-refractivity contribution >= 4 is 17.8 Å². The van der Waals surface area contributed by atoms with Crippen molar-refractivity contribution in [2.24, 2.45) is 0 Å². The van der Waals surface area contributed by atoms with Gasteiger partial charge in [0.15, 0.2) is 5.82 Å². The van der Waals surface area contributed by atoms with E-state index >= 15 is 0 Å². The second-order valence-corrected chi connectivity index (χ2v) is 6.06. The third kappa shape index (κ3) is 5.04. The van der Waals surface area contributed by atoms with Gasteiger partial charge in [-0.2, -0.15) is 5.10 Å². The van der Waals surface area contributed by atoms with E-state index in [1.54, 1.807) is 29.2 Å². The fourth-order valence-electron chi connectivity index (χ4n) is 2.59. The van der Waals surface area contributed by atoms with Crippen LogP contribution in [0.1, 0.15) is 23.0 Å². The summed E-state index contributed by atoms with van der Waals surface area (Å²) in [5.74, 6) is 2.49. The van der Waals surface area contributed by atoms with Crippen LogP contribution in [0.3, 0.4) is 0 Å². The lowest BCUT2D eigenvalue weighted by Gasteiger charge is -2.10. The van der Waals surface area contributed by atoms with Crippen molar-refractivity contribution in [1.29, 1.82) is 0 Å². The summed E-state index contributed by atoms with van der Waals surface area (Å²) in [7, 11) is 0. The Hall–Kier alpha value is -3.42. The van der Waals surface area contributed by atoms with Gasteiger partial charge in [-0.25, -0.2) is 14.6 Å². The van der Waals surface area contributed by atoms with Crippen LogP contribution in [0.25, 0.3) is 11.9 Å². The van der Waals surface area contributed by atoms with E-state index in [9.17, 15) is 4.79 Å². The molecule has 0 radical (unpaired) electrons. The molecule has 3 rings (SSSR count). The molecule has 8 nitrogen and oxygen atoms in total. The highest BCUT2D eigenvalue weighted by Gasteiger charge is 2.08. The summed E-state index contributed by atoms with van der Waals surface area (Å²) in [6.07, 6.45) is 4.62. The summed E-state index contributed by atoms with van der Waals surface area (Å²) < 4.78 is 6.92. The number of nitrogens with one attached hydrogen (secondary N) is 2. The van der Waals surface area contributed by atoms with Gasteiger partial charge in [0.2, 0.25) is 5.91 Å². The fourth-order valence-corrected chi connectivity index (χ4v) is 2.59. The molecule has 140 valence electrons. The van der Waals surface area contributed by atoms with Gasteiger partial charge in [-0.3, -0.25) is 4.79 Å². The molecule has 0 aromatic carbocycles. The lowest BCUT2D eigenvalue weighted by molar-refractivity contribution is -0.116. The molecule has 0 aliphatic carbocycles. The first-order valence-corrected chi connectivity index (χ1v) is 8.64. The maximum atomic E-state index is 11.8. The quantitative estimate of drug-likeness (QED) is 0.492. The van der Waals surface area contributed by atoms with Gasteiger partial charge in [-0.1, -0.05) is 0 Å². The standard InChI is InChI=1S/C19H22N6O2/c1-13-11-14(2)25(24-13)18-12-17(22-15(3)23-18)20-8-9-21-19(26)7-6-16-5-4-10-27-16/h4-7,10-12H,8-9H2,1-3H3,(H,21,26)(H,20,22,23)/b7-6+. The molecule has 0 spiro atoms. The minimum absolute atomic E-state index is 0.185. The normalized spacial score (nSPS) is 11.1. The van der Waals surface area contributed by atoms with Crippen LogP contribution in [0.2, 0.25) is 0 Å². The Morgan fingerprint density at radius 1 is 1.22 bits per heavy atom. The summed E-state index contributed by atoms with van der Waals surface area (Å²) in [6, 6.07) is 7.39. The van der Waals surface area contributed by atoms with E-state index in [4.69, 9.17) is 4.42 Å². The van der Waals surface area contributed by atoms with Gasteiger partial charge in [0, 0.05) is 30.9 Å². The third-order valence-electron chi connectivity index (χ3n) is 3.72. The van der Waals surface area contributed by atoms with Crippen LogP contribution in [-0.2, 0) is 4.79 Å². The molecule has 0 aliphatic heterocycles. The van der Waals surface area contributed by atoms with E-state index in [1.165, 1.54) is 6.08 Å². The molecule has 3 heterocycles. The van der Waals surface area contributed by atoms with Gasteiger partial charge in [0.1, 0.15) is 17.4 Å². The maximum Gasteiger partial charge on any atom is 0.244 e. The summed E-state index contributed by atoms with van der Waals surface area (Å²) >= 11 is 0. The van der Waals surface area contributed by atoms with E-state index < -0.39 is 0 Å². The number of hydrogen-bond acceptors (Lipinski definition) is 6. The molecule has 0 unspecified atom stereocenters. The zero-order valence-electron chi connectivity index (χ0n) is 15.6. The van der Waals surface area contributed by atoms with Gasteiger partial charge in [-0.05, 0) is 45.0 Å². The van der Waals surface area contributed by atoms with Crippen molar-refractivity contribution in [3.05, 3.63) is 59.6 Å². The molecule has 3 aromatic heterocycles. The van der Waals surface area contributed by atoms with Gasteiger partial charge < -0.3 is 15.1 Å². The lowest BCUT2D eigenvalue weighted by Crippen LogP contribution is -2.27. The van der Waals surface area contributed by atoms with Gasteiger partial charge in [0.25, 0.3) is 0 Å². The summed E-state index contributed by atoms with van der Waals surface area (Å²) in [5.41, 5.74) is 1.94. The molecule has 0 bridgehead atoms. The molecule has 0 saturated heterocycles. The Kier molecular flexibility index (Phi) is 5.65. The molecule has 0 fully saturated rings. The van der Waals surface area contributed by atoms with Crippen LogP contribution in [-0.4, -0.2) is 38.7 Å². The smallest absolute Gasteiger partial charge is 0.244 e. The molecule has 0 saturated carbocycles. The van der Waals surface area contributed by atoms with E-state index in [0.29, 0.717) is 36.3 Å². The van der Waals surface area contributed by atoms with E-state index in [0.717, 1.165) is 11.4 Å². The second-order valence-electron chi connectivity index (χ2n) is 6.06. The van der Waals surface area contributed by atoms with Crippen LogP contribution in [0.15, 0.2) is 41.0 Å². The zero-order valence-corrected chi connectivity index (χ0v) is 15.6.